The van der Waals surface area contributed by atoms with Gasteiger partial charge in [0.2, 0.25) is 5.39 Å². The van der Waals surface area contributed by atoms with Crippen LogP contribution in [0.1, 0.15) is 0 Å². The fourth-order valence-electron chi connectivity index (χ4n) is 1.05. The standard InChI is InChI=1S/C8H8N2O5S2.ClH/c9-10-7-1-3-8(4-2-7)16(11,12)5-6-17(13,14)15;/h1-4H,5-6H2;1H. The lowest BCUT2D eigenvalue weighted by Crippen LogP contribution is -3.00. The zero-order valence-electron chi connectivity index (χ0n) is 8.89. The van der Waals surface area contributed by atoms with Crippen LogP contribution in [-0.2, 0) is 20.0 Å². The molecule has 0 aliphatic carbocycles. The molecule has 0 atom stereocenters. The number of diazo groups is 1. The number of sulfone groups is 1. The molecule has 7 nitrogen and oxygen atoms in total. The molecule has 18 heavy (non-hydrogen) atoms. The first-order valence-corrected chi connectivity index (χ1v) is 7.64. The van der Waals surface area contributed by atoms with E-state index < -0.39 is 31.5 Å². The summed E-state index contributed by atoms with van der Waals surface area (Å²) in [7, 11) is -8.10. The van der Waals surface area contributed by atoms with Crippen molar-refractivity contribution in [2.45, 2.75) is 4.90 Å². The van der Waals surface area contributed by atoms with E-state index in [1.165, 1.54) is 24.3 Å². The van der Waals surface area contributed by atoms with Gasteiger partial charge in [-0.1, -0.05) is 0 Å². The van der Waals surface area contributed by atoms with E-state index in [0.717, 1.165) is 0 Å². The van der Waals surface area contributed by atoms with Crippen LogP contribution in [0.2, 0.25) is 0 Å². The molecule has 0 unspecified atom stereocenters. The quantitative estimate of drug-likeness (QED) is 0.500. The first-order chi connectivity index (χ1) is 7.74. The van der Waals surface area contributed by atoms with Crippen molar-refractivity contribution in [2.24, 2.45) is 0 Å². The third kappa shape index (κ3) is 4.97. The molecule has 1 rings (SSSR count). The maximum atomic E-state index is 11.6. The molecule has 0 aliphatic heterocycles. The van der Waals surface area contributed by atoms with E-state index in [2.05, 4.69) is 4.98 Å². The van der Waals surface area contributed by atoms with Crippen LogP contribution in [0.15, 0.2) is 29.2 Å². The molecular weight excluding hydrogens is 304 g/mol. The lowest BCUT2D eigenvalue weighted by molar-refractivity contribution is -0.0000102. The number of halogens is 1. The minimum Gasteiger partial charge on any atom is -1.00 e. The Balaban J connectivity index is 0.00000289. The fourth-order valence-corrected chi connectivity index (χ4v) is 3.56. The predicted molar refractivity (Wildman–Crippen MR) is 59.7 cm³/mol. The van der Waals surface area contributed by atoms with Crippen LogP contribution in [0.25, 0.3) is 4.98 Å². The zero-order chi connectivity index (χ0) is 13.1. The third-order valence-electron chi connectivity index (χ3n) is 1.92. The smallest absolute Gasteiger partial charge is 0.385 e. The highest BCUT2D eigenvalue weighted by Crippen LogP contribution is 2.17. The number of hydrogen-bond acceptors (Lipinski definition) is 5. The molecule has 1 N–H and O–H groups in total. The summed E-state index contributed by atoms with van der Waals surface area (Å²) in [6, 6.07) is 4.91. The minimum atomic E-state index is -4.32. The Bertz CT molecular complexity index is 646. The van der Waals surface area contributed by atoms with Crippen molar-refractivity contribution < 1.29 is 33.8 Å². The van der Waals surface area contributed by atoms with Crippen LogP contribution < -0.4 is 12.4 Å². The summed E-state index contributed by atoms with van der Waals surface area (Å²) < 4.78 is 52.6. The Hall–Kier alpha value is -1.21. The summed E-state index contributed by atoms with van der Waals surface area (Å²) >= 11 is 0. The number of rotatable bonds is 4. The third-order valence-corrected chi connectivity index (χ3v) is 4.63. The van der Waals surface area contributed by atoms with Crippen molar-refractivity contribution in [1.29, 1.82) is 5.39 Å². The van der Waals surface area contributed by atoms with E-state index in [9.17, 15) is 16.8 Å². The van der Waals surface area contributed by atoms with Gasteiger partial charge in [0.15, 0.2) is 14.8 Å². The van der Waals surface area contributed by atoms with Gasteiger partial charge in [-0.15, -0.1) is 0 Å². The highest BCUT2D eigenvalue weighted by Gasteiger charge is 2.19. The minimum absolute atomic E-state index is 0. The molecule has 0 spiro atoms. The molecule has 0 amide bonds. The number of hydrogen-bond donors (Lipinski definition) is 1. The molecule has 10 heteroatoms. The second kappa shape index (κ2) is 6.10. The van der Waals surface area contributed by atoms with E-state index in [1.807, 2.05) is 0 Å². The highest BCUT2D eigenvalue weighted by atomic mass is 35.5. The summed E-state index contributed by atoms with van der Waals surface area (Å²) in [5, 5.41) is 8.40. The van der Waals surface area contributed by atoms with Crippen LogP contribution in [0.4, 0.5) is 5.69 Å². The van der Waals surface area contributed by atoms with E-state index in [0.29, 0.717) is 0 Å². The van der Waals surface area contributed by atoms with Gasteiger partial charge in [-0.3, -0.25) is 4.55 Å². The van der Waals surface area contributed by atoms with E-state index in [-0.39, 0.29) is 23.0 Å². The molecule has 1 aromatic rings. The van der Waals surface area contributed by atoms with Crippen LogP contribution in [0.5, 0.6) is 0 Å². The lowest BCUT2D eigenvalue weighted by Gasteiger charge is -2.01. The van der Waals surface area contributed by atoms with Crippen molar-refractivity contribution in [1.82, 2.24) is 0 Å². The average molecular weight is 313 g/mol. The molecule has 0 aromatic heterocycles. The number of benzene rings is 1. The SMILES string of the molecule is N#[N+]c1ccc(S(=O)(=O)CCS(=O)(=O)O)cc1.[Cl-]. The Kier molecular flexibility index (Phi) is 5.69. The van der Waals surface area contributed by atoms with E-state index in [4.69, 9.17) is 9.95 Å². The van der Waals surface area contributed by atoms with E-state index in [1.54, 1.807) is 0 Å². The Morgan fingerprint density at radius 3 is 1.94 bits per heavy atom. The molecule has 0 bridgehead atoms. The van der Waals surface area contributed by atoms with Gasteiger partial charge in [0.25, 0.3) is 10.1 Å². The molecule has 1 aromatic carbocycles. The van der Waals surface area contributed by atoms with Gasteiger partial charge < -0.3 is 12.4 Å². The summed E-state index contributed by atoms with van der Waals surface area (Å²) in [4.78, 5) is 2.75. The highest BCUT2D eigenvalue weighted by molar-refractivity contribution is 7.93. The Morgan fingerprint density at radius 1 is 1.06 bits per heavy atom. The van der Waals surface area contributed by atoms with Crippen molar-refractivity contribution in [3.05, 3.63) is 29.2 Å². The molecule has 0 radical (unpaired) electrons. The molecule has 0 saturated heterocycles. The summed E-state index contributed by atoms with van der Waals surface area (Å²) in [6.07, 6.45) is 0. The number of nitrogens with zero attached hydrogens (tertiary/aromatic N) is 2. The Labute approximate surface area is 111 Å². The first-order valence-electron chi connectivity index (χ1n) is 4.38. The van der Waals surface area contributed by atoms with Crippen LogP contribution in [-0.4, -0.2) is 32.9 Å². The van der Waals surface area contributed by atoms with Gasteiger partial charge in [-0.05, 0) is 12.1 Å². The Morgan fingerprint density at radius 2 is 1.56 bits per heavy atom. The largest absolute Gasteiger partial charge is 1.00 e. The van der Waals surface area contributed by atoms with Gasteiger partial charge in [-0.2, -0.15) is 8.42 Å². The normalized spacial score (nSPS) is 11.3. The second-order valence-electron chi connectivity index (χ2n) is 3.20. The van der Waals surface area contributed by atoms with Crippen molar-refractivity contribution >= 4 is 25.6 Å². The van der Waals surface area contributed by atoms with Crippen LogP contribution in [0.3, 0.4) is 0 Å². The van der Waals surface area contributed by atoms with E-state index >= 15 is 0 Å². The van der Waals surface area contributed by atoms with Crippen molar-refractivity contribution in [3.63, 3.8) is 0 Å². The van der Waals surface area contributed by atoms with Gasteiger partial charge in [-0.25, -0.2) is 8.42 Å². The maximum Gasteiger partial charge on any atom is 0.385 e. The topological polar surface area (TPSA) is 117 Å². The second-order valence-corrected chi connectivity index (χ2v) is 6.88. The monoisotopic (exact) mass is 312 g/mol. The van der Waals surface area contributed by atoms with Crippen LogP contribution in [0, 0.1) is 5.39 Å². The van der Waals surface area contributed by atoms with Gasteiger partial charge in [0.1, 0.15) is 0 Å². The zero-order valence-corrected chi connectivity index (χ0v) is 11.3. The molecule has 0 aliphatic rings. The summed E-state index contributed by atoms with van der Waals surface area (Å²) in [5.41, 5.74) is 0.179. The molecule has 0 fully saturated rings. The first kappa shape index (κ1) is 16.8. The molecular formula is C8H9ClN2O5S2. The molecule has 100 valence electrons. The van der Waals surface area contributed by atoms with Gasteiger partial charge >= 0.3 is 5.69 Å². The molecule has 0 heterocycles. The van der Waals surface area contributed by atoms with Crippen LogP contribution >= 0.6 is 0 Å². The lowest BCUT2D eigenvalue weighted by atomic mass is 10.3. The fraction of sp³-hybridized carbons (Fsp3) is 0.250. The van der Waals surface area contributed by atoms with Gasteiger partial charge in [0, 0.05) is 12.1 Å². The summed E-state index contributed by atoms with van der Waals surface area (Å²) in [5.74, 6) is -1.57. The van der Waals surface area contributed by atoms with Gasteiger partial charge in [0.05, 0.1) is 16.4 Å². The predicted octanol–water partition coefficient (Wildman–Crippen LogP) is -2.16. The average Bonchev–Trinajstić information content (AvgIpc) is 2.26. The van der Waals surface area contributed by atoms with Crippen molar-refractivity contribution in [3.8, 4) is 0 Å². The maximum absolute atomic E-state index is 11.6. The molecule has 0 saturated carbocycles. The van der Waals surface area contributed by atoms with Crippen molar-refractivity contribution in [2.75, 3.05) is 11.5 Å². The summed E-state index contributed by atoms with van der Waals surface area (Å²) in [6.45, 7) is 0.